The number of methoxy groups -OCH3 is 1. The third kappa shape index (κ3) is 4.50. The van der Waals surface area contributed by atoms with Crippen LogP contribution in [0.2, 0.25) is 0 Å². The molecule has 0 radical (unpaired) electrons. The Morgan fingerprint density at radius 2 is 1.76 bits per heavy atom. The average molecular weight is 389 g/mol. The highest BCUT2D eigenvalue weighted by molar-refractivity contribution is 5.51. The molecule has 0 aliphatic heterocycles. The molecule has 4 aromatic rings. The van der Waals surface area contributed by atoms with Gasteiger partial charge in [0.25, 0.3) is 0 Å². The van der Waals surface area contributed by atoms with Gasteiger partial charge in [-0.15, -0.1) is 10.2 Å². The van der Waals surface area contributed by atoms with Crippen LogP contribution < -0.4 is 10.1 Å². The fraction of sp³-hybridized carbons (Fsp3) is 0.130. The van der Waals surface area contributed by atoms with Crippen molar-refractivity contribution in [2.24, 2.45) is 0 Å². The van der Waals surface area contributed by atoms with E-state index in [1.54, 1.807) is 19.2 Å². The zero-order chi connectivity index (χ0) is 20.1. The van der Waals surface area contributed by atoms with Gasteiger partial charge in [0.1, 0.15) is 17.6 Å². The largest absolute Gasteiger partial charge is 0.497 e. The third-order valence-corrected chi connectivity index (χ3v) is 4.56. The van der Waals surface area contributed by atoms with E-state index in [2.05, 4.69) is 15.5 Å². The zero-order valence-corrected chi connectivity index (χ0v) is 15.9. The second kappa shape index (κ2) is 8.67. The van der Waals surface area contributed by atoms with Gasteiger partial charge < -0.3 is 9.15 Å². The summed E-state index contributed by atoms with van der Waals surface area (Å²) in [5.74, 6) is 1.34. The Balaban J connectivity index is 1.62. The number of ether oxygens (including phenoxy) is 1. The molecule has 0 fully saturated rings. The molecule has 0 bridgehead atoms. The Hall–Kier alpha value is -3.51. The van der Waals surface area contributed by atoms with Gasteiger partial charge in [-0.05, 0) is 47.5 Å². The molecule has 0 saturated carbocycles. The Morgan fingerprint density at radius 1 is 0.966 bits per heavy atom. The summed E-state index contributed by atoms with van der Waals surface area (Å²) in [6, 6.07) is 23.2. The van der Waals surface area contributed by atoms with Gasteiger partial charge >= 0.3 is 0 Å². The van der Waals surface area contributed by atoms with E-state index in [9.17, 15) is 4.39 Å². The quantitative estimate of drug-likeness (QED) is 0.494. The van der Waals surface area contributed by atoms with Crippen LogP contribution in [0.3, 0.4) is 0 Å². The van der Waals surface area contributed by atoms with Gasteiger partial charge in [-0.1, -0.05) is 42.5 Å². The molecular formula is C23H20FN3O2. The number of halogens is 1. The fourth-order valence-electron chi connectivity index (χ4n) is 3.05. The van der Waals surface area contributed by atoms with Crippen molar-refractivity contribution in [3.8, 4) is 17.2 Å². The normalized spacial score (nSPS) is 11.9. The van der Waals surface area contributed by atoms with E-state index >= 15 is 0 Å². The lowest BCUT2D eigenvalue weighted by molar-refractivity contribution is 0.413. The van der Waals surface area contributed by atoms with Crippen molar-refractivity contribution >= 4 is 0 Å². The van der Waals surface area contributed by atoms with Crippen LogP contribution in [0.5, 0.6) is 5.75 Å². The molecule has 0 saturated heterocycles. The molecule has 146 valence electrons. The standard InChI is InChI=1S/C23H20FN3O2/c1-28-20-9-5-6-16(14-20)15-25-21(17-10-12-19(24)13-11-17)23-27-26-22(29-23)18-7-3-2-4-8-18/h2-14,21,25H,15H2,1H3. The first-order chi connectivity index (χ1) is 14.2. The highest BCUT2D eigenvalue weighted by atomic mass is 19.1. The van der Waals surface area contributed by atoms with E-state index in [1.165, 1.54) is 12.1 Å². The summed E-state index contributed by atoms with van der Waals surface area (Å²) in [6.45, 7) is 0.544. The van der Waals surface area contributed by atoms with E-state index in [0.717, 1.165) is 22.4 Å². The van der Waals surface area contributed by atoms with E-state index in [1.807, 2.05) is 54.6 Å². The second-order valence-electron chi connectivity index (χ2n) is 6.53. The molecule has 0 spiro atoms. The van der Waals surface area contributed by atoms with Crippen LogP contribution in [0, 0.1) is 5.82 Å². The molecule has 0 amide bonds. The minimum atomic E-state index is -0.383. The third-order valence-electron chi connectivity index (χ3n) is 4.56. The molecule has 1 heterocycles. The molecule has 0 aliphatic rings. The first-order valence-corrected chi connectivity index (χ1v) is 9.23. The van der Waals surface area contributed by atoms with Gasteiger partial charge in [0, 0.05) is 12.1 Å². The van der Waals surface area contributed by atoms with E-state index < -0.39 is 0 Å². The Morgan fingerprint density at radius 3 is 2.52 bits per heavy atom. The molecule has 29 heavy (non-hydrogen) atoms. The minimum absolute atomic E-state index is 0.296. The van der Waals surface area contributed by atoms with E-state index in [4.69, 9.17) is 9.15 Å². The van der Waals surface area contributed by atoms with Gasteiger partial charge in [-0.2, -0.15) is 0 Å². The van der Waals surface area contributed by atoms with Crippen LogP contribution in [0.15, 0.2) is 83.3 Å². The van der Waals surface area contributed by atoms with Crippen molar-refractivity contribution in [3.63, 3.8) is 0 Å². The summed E-state index contributed by atoms with van der Waals surface area (Å²) in [5.41, 5.74) is 2.72. The number of nitrogens with one attached hydrogen (secondary N) is 1. The number of rotatable bonds is 7. The summed E-state index contributed by atoms with van der Waals surface area (Å²) in [4.78, 5) is 0. The molecule has 5 nitrogen and oxygen atoms in total. The molecule has 6 heteroatoms. The van der Waals surface area contributed by atoms with Crippen molar-refractivity contribution in [1.29, 1.82) is 0 Å². The maximum atomic E-state index is 13.4. The van der Waals surface area contributed by atoms with Gasteiger partial charge in [-0.25, -0.2) is 4.39 Å². The Kier molecular flexibility index (Phi) is 5.63. The van der Waals surface area contributed by atoms with Crippen LogP contribution in [-0.2, 0) is 6.54 Å². The van der Waals surface area contributed by atoms with Crippen molar-refractivity contribution in [2.75, 3.05) is 7.11 Å². The summed E-state index contributed by atoms with van der Waals surface area (Å²) in [7, 11) is 1.64. The lowest BCUT2D eigenvalue weighted by Crippen LogP contribution is -2.22. The number of benzene rings is 3. The molecule has 0 aliphatic carbocycles. The Bertz CT molecular complexity index is 1060. The van der Waals surface area contributed by atoms with Crippen molar-refractivity contribution < 1.29 is 13.5 Å². The molecule has 1 N–H and O–H groups in total. The molecule has 1 unspecified atom stereocenters. The number of hydrogen-bond donors (Lipinski definition) is 1. The van der Waals surface area contributed by atoms with E-state index in [-0.39, 0.29) is 11.9 Å². The van der Waals surface area contributed by atoms with Crippen molar-refractivity contribution in [1.82, 2.24) is 15.5 Å². The van der Waals surface area contributed by atoms with Gasteiger partial charge in [-0.3, -0.25) is 5.32 Å². The maximum Gasteiger partial charge on any atom is 0.247 e. The first-order valence-electron chi connectivity index (χ1n) is 9.23. The number of nitrogens with zero attached hydrogens (tertiary/aromatic N) is 2. The highest BCUT2D eigenvalue weighted by Gasteiger charge is 2.21. The molecule has 1 atom stereocenters. The fourth-order valence-corrected chi connectivity index (χ4v) is 3.05. The lowest BCUT2D eigenvalue weighted by atomic mass is 10.1. The molecule has 3 aromatic carbocycles. The minimum Gasteiger partial charge on any atom is -0.497 e. The predicted molar refractivity (Wildman–Crippen MR) is 108 cm³/mol. The van der Waals surface area contributed by atoms with Gasteiger partial charge in [0.15, 0.2) is 0 Å². The zero-order valence-electron chi connectivity index (χ0n) is 15.9. The SMILES string of the molecule is COc1cccc(CNC(c2ccc(F)cc2)c2nnc(-c3ccccc3)o2)c1. The average Bonchev–Trinajstić information content (AvgIpc) is 3.26. The number of hydrogen-bond acceptors (Lipinski definition) is 5. The summed E-state index contributed by atoms with van der Waals surface area (Å²) in [6.07, 6.45) is 0. The summed E-state index contributed by atoms with van der Waals surface area (Å²) in [5, 5.41) is 11.9. The molecular weight excluding hydrogens is 369 g/mol. The smallest absolute Gasteiger partial charge is 0.247 e. The van der Waals surface area contributed by atoms with Gasteiger partial charge in [0.05, 0.1) is 7.11 Å². The van der Waals surface area contributed by atoms with Crippen LogP contribution in [-0.4, -0.2) is 17.3 Å². The van der Waals surface area contributed by atoms with Crippen LogP contribution in [0.4, 0.5) is 4.39 Å². The van der Waals surface area contributed by atoms with E-state index in [0.29, 0.717) is 18.3 Å². The predicted octanol–water partition coefficient (Wildman–Crippen LogP) is 4.76. The first kappa shape index (κ1) is 18.8. The van der Waals surface area contributed by atoms with Crippen LogP contribution in [0.1, 0.15) is 23.1 Å². The second-order valence-corrected chi connectivity index (χ2v) is 6.53. The highest BCUT2D eigenvalue weighted by Crippen LogP contribution is 2.26. The van der Waals surface area contributed by atoms with Crippen LogP contribution in [0.25, 0.3) is 11.5 Å². The lowest BCUT2D eigenvalue weighted by Gasteiger charge is -2.16. The van der Waals surface area contributed by atoms with Crippen LogP contribution >= 0.6 is 0 Å². The van der Waals surface area contributed by atoms with Gasteiger partial charge in [0.2, 0.25) is 11.8 Å². The maximum absolute atomic E-state index is 13.4. The topological polar surface area (TPSA) is 60.2 Å². The number of aromatic nitrogens is 2. The summed E-state index contributed by atoms with van der Waals surface area (Å²) >= 11 is 0. The monoisotopic (exact) mass is 389 g/mol. The van der Waals surface area contributed by atoms with Crippen molar-refractivity contribution in [2.45, 2.75) is 12.6 Å². The van der Waals surface area contributed by atoms with Crippen molar-refractivity contribution in [3.05, 3.63) is 102 Å². The molecule has 4 rings (SSSR count). The Labute approximate surface area is 168 Å². The summed E-state index contributed by atoms with van der Waals surface area (Å²) < 4.78 is 24.7. The molecule has 1 aromatic heterocycles.